The molecule has 1 nitrogen and oxygen atoms in total. The van der Waals surface area contributed by atoms with Crippen LogP contribution >= 0.6 is 0 Å². The number of nitrogens with one attached hydrogen (secondary N) is 1. The molecule has 0 amide bonds. The zero-order valence-corrected chi connectivity index (χ0v) is 9.42. The molecule has 1 aromatic rings. The van der Waals surface area contributed by atoms with E-state index in [0.717, 1.165) is 18.5 Å². The van der Waals surface area contributed by atoms with Gasteiger partial charge >= 0.3 is 0 Å². The van der Waals surface area contributed by atoms with Gasteiger partial charge in [-0.2, -0.15) is 0 Å². The van der Waals surface area contributed by atoms with Gasteiger partial charge in [-0.1, -0.05) is 18.2 Å². The normalized spacial score (nSPS) is 20.6. The Morgan fingerprint density at radius 3 is 2.67 bits per heavy atom. The van der Waals surface area contributed by atoms with Crippen molar-refractivity contribution in [3.05, 3.63) is 34.9 Å². The molecule has 0 aromatic heterocycles. The number of aryl methyl sites for hydroxylation is 1. The van der Waals surface area contributed by atoms with Crippen LogP contribution in [-0.4, -0.2) is 6.04 Å². The lowest BCUT2D eigenvalue weighted by atomic mass is 10.0. The Kier molecular flexibility index (Phi) is 2.28. The van der Waals surface area contributed by atoms with Crippen LogP contribution in [0.1, 0.15) is 48.3 Å². The molecule has 0 heterocycles. The second kappa shape index (κ2) is 3.64. The molecule has 1 aromatic carbocycles. The zero-order valence-electron chi connectivity index (χ0n) is 9.42. The first kappa shape index (κ1) is 9.41. The molecule has 0 radical (unpaired) electrons. The first-order chi connectivity index (χ1) is 7.33. The van der Waals surface area contributed by atoms with Crippen molar-refractivity contribution in [2.75, 3.05) is 0 Å². The second-order valence-electron chi connectivity index (χ2n) is 5.12. The average Bonchev–Trinajstić information content (AvgIpc) is 3.10. The van der Waals surface area contributed by atoms with E-state index in [4.69, 9.17) is 0 Å². The summed E-state index contributed by atoms with van der Waals surface area (Å²) in [5, 5.41) is 3.60. The summed E-state index contributed by atoms with van der Waals surface area (Å²) < 4.78 is 0. The SMILES string of the molecule is Cc1ccc(C2CC2)cc1CNC1CC1. The predicted octanol–water partition coefficient (Wildman–Crippen LogP) is 3.12. The molecular weight excluding hydrogens is 182 g/mol. The Balaban J connectivity index is 1.74. The van der Waals surface area contributed by atoms with E-state index in [2.05, 4.69) is 30.4 Å². The van der Waals surface area contributed by atoms with Gasteiger partial charge in [-0.05, 0) is 55.2 Å². The van der Waals surface area contributed by atoms with Gasteiger partial charge < -0.3 is 5.32 Å². The molecule has 0 unspecified atom stereocenters. The van der Waals surface area contributed by atoms with Gasteiger partial charge in [-0.15, -0.1) is 0 Å². The van der Waals surface area contributed by atoms with Gasteiger partial charge in [-0.3, -0.25) is 0 Å². The zero-order chi connectivity index (χ0) is 10.3. The molecular formula is C14H19N. The highest BCUT2D eigenvalue weighted by molar-refractivity contribution is 5.34. The molecule has 3 rings (SSSR count). The van der Waals surface area contributed by atoms with Crippen LogP contribution in [0.2, 0.25) is 0 Å². The molecule has 80 valence electrons. The van der Waals surface area contributed by atoms with Gasteiger partial charge in [0.1, 0.15) is 0 Å². The third kappa shape index (κ3) is 2.23. The first-order valence-corrected chi connectivity index (χ1v) is 6.16. The molecule has 1 heteroatoms. The molecule has 15 heavy (non-hydrogen) atoms. The van der Waals surface area contributed by atoms with Gasteiger partial charge in [0.05, 0.1) is 0 Å². The third-order valence-electron chi connectivity index (χ3n) is 3.58. The number of benzene rings is 1. The van der Waals surface area contributed by atoms with Gasteiger partial charge in [0.25, 0.3) is 0 Å². The van der Waals surface area contributed by atoms with E-state index in [9.17, 15) is 0 Å². The van der Waals surface area contributed by atoms with Crippen LogP contribution in [0.15, 0.2) is 18.2 Å². The van der Waals surface area contributed by atoms with Crippen LogP contribution in [0.5, 0.6) is 0 Å². The lowest BCUT2D eigenvalue weighted by Crippen LogP contribution is -2.16. The highest BCUT2D eigenvalue weighted by atomic mass is 14.9. The Labute approximate surface area is 91.9 Å². The number of hydrogen-bond donors (Lipinski definition) is 1. The van der Waals surface area contributed by atoms with Crippen LogP contribution in [-0.2, 0) is 6.54 Å². The maximum absolute atomic E-state index is 3.60. The topological polar surface area (TPSA) is 12.0 Å². The Bertz CT molecular complexity index is 362. The third-order valence-corrected chi connectivity index (χ3v) is 3.58. The van der Waals surface area contributed by atoms with E-state index in [1.807, 2.05) is 0 Å². The minimum absolute atomic E-state index is 0.814. The quantitative estimate of drug-likeness (QED) is 0.789. The summed E-state index contributed by atoms with van der Waals surface area (Å²) in [6.45, 7) is 3.29. The molecule has 0 spiro atoms. The maximum Gasteiger partial charge on any atom is 0.0210 e. The van der Waals surface area contributed by atoms with Crippen molar-refractivity contribution < 1.29 is 0 Å². The van der Waals surface area contributed by atoms with Gasteiger partial charge in [0.2, 0.25) is 0 Å². The molecule has 2 aliphatic carbocycles. The maximum atomic E-state index is 3.60. The van der Waals surface area contributed by atoms with Crippen molar-refractivity contribution in [1.82, 2.24) is 5.32 Å². The summed E-state index contributed by atoms with van der Waals surface area (Å²) >= 11 is 0. The number of rotatable bonds is 4. The van der Waals surface area contributed by atoms with Crippen molar-refractivity contribution in [3.63, 3.8) is 0 Å². The molecule has 2 saturated carbocycles. The van der Waals surface area contributed by atoms with Gasteiger partial charge in [-0.25, -0.2) is 0 Å². The van der Waals surface area contributed by atoms with Crippen molar-refractivity contribution in [2.45, 2.75) is 51.1 Å². The second-order valence-corrected chi connectivity index (χ2v) is 5.12. The van der Waals surface area contributed by atoms with Gasteiger partial charge in [0, 0.05) is 12.6 Å². The first-order valence-electron chi connectivity index (χ1n) is 6.16. The fraction of sp³-hybridized carbons (Fsp3) is 0.571. The van der Waals surface area contributed by atoms with Crippen LogP contribution in [0, 0.1) is 6.92 Å². The summed E-state index contributed by atoms with van der Waals surface area (Å²) in [6, 6.07) is 7.84. The van der Waals surface area contributed by atoms with Crippen molar-refractivity contribution >= 4 is 0 Å². The molecule has 1 N–H and O–H groups in total. The van der Waals surface area contributed by atoms with Crippen molar-refractivity contribution in [3.8, 4) is 0 Å². The van der Waals surface area contributed by atoms with Crippen LogP contribution in [0.3, 0.4) is 0 Å². The summed E-state index contributed by atoms with van der Waals surface area (Å²) in [6.07, 6.45) is 5.56. The summed E-state index contributed by atoms with van der Waals surface area (Å²) in [7, 11) is 0. The predicted molar refractivity (Wildman–Crippen MR) is 63.0 cm³/mol. The highest BCUT2D eigenvalue weighted by Crippen LogP contribution is 2.40. The standard InChI is InChI=1S/C14H19N/c1-10-2-3-12(11-4-5-11)8-13(10)9-15-14-6-7-14/h2-3,8,11,14-15H,4-7,9H2,1H3. The lowest BCUT2D eigenvalue weighted by Gasteiger charge is -2.09. The fourth-order valence-electron chi connectivity index (χ4n) is 2.09. The van der Waals surface area contributed by atoms with E-state index in [1.165, 1.54) is 36.8 Å². The Hall–Kier alpha value is -0.820. The largest absolute Gasteiger partial charge is 0.310 e. The summed E-state index contributed by atoms with van der Waals surface area (Å²) in [5.74, 6) is 0.880. The summed E-state index contributed by atoms with van der Waals surface area (Å²) in [4.78, 5) is 0. The fourth-order valence-corrected chi connectivity index (χ4v) is 2.09. The Morgan fingerprint density at radius 1 is 1.20 bits per heavy atom. The molecule has 0 saturated heterocycles. The van der Waals surface area contributed by atoms with E-state index < -0.39 is 0 Å². The summed E-state index contributed by atoms with van der Waals surface area (Å²) in [5.41, 5.74) is 4.51. The molecule has 2 aliphatic rings. The van der Waals surface area contributed by atoms with Crippen LogP contribution in [0.25, 0.3) is 0 Å². The minimum Gasteiger partial charge on any atom is -0.310 e. The Morgan fingerprint density at radius 2 is 2.00 bits per heavy atom. The van der Waals surface area contributed by atoms with Crippen LogP contribution in [0.4, 0.5) is 0 Å². The number of hydrogen-bond acceptors (Lipinski definition) is 1. The monoisotopic (exact) mass is 201 g/mol. The molecule has 0 atom stereocenters. The van der Waals surface area contributed by atoms with E-state index >= 15 is 0 Å². The minimum atomic E-state index is 0.814. The van der Waals surface area contributed by atoms with Crippen LogP contribution < -0.4 is 5.32 Å². The van der Waals surface area contributed by atoms with E-state index in [0.29, 0.717) is 0 Å². The van der Waals surface area contributed by atoms with Crippen molar-refractivity contribution in [2.24, 2.45) is 0 Å². The van der Waals surface area contributed by atoms with E-state index in [-0.39, 0.29) is 0 Å². The van der Waals surface area contributed by atoms with E-state index in [1.54, 1.807) is 5.56 Å². The smallest absolute Gasteiger partial charge is 0.0210 e. The van der Waals surface area contributed by atoms with Gasteiger partial charge in [0.15, 0.2) is 0 Å². The highest BCUT2D eigenvalue weighted by Gasteiger charge is 2.24. The lowest BCUT2D eigenvalue weighted by molar-refractivity contribution is 0.684. The molecule has 0 bridgehead atoms. The molecule has 0 aliphatic heterocycles. The average molecular weight is 201 g/mol. The molecule has 2 fully saturated rings. The van der Waals surface area contributed by atoms with Crippen molar-refractivity contribution in [1.29, 1.82) is 0 Å².